The van der Waals surface area contributed by atoms with Gasteiger partial charge < -0.3 is 0 Å². The van der Waals surface area contributed by atoms with Crippen molar-refractivity contribution in [1.82, 2.24) is 10.4 Å². The summed E-state index contributed by atoms with van der Waals surface area (Å²) >= 11 is 5.81. The average molecular weight is 307 g/mol. The molecule has 1 aromatic carbocycles. The average Bonchev–Trinajstić information content (AvgIpc) is 2.32. The maximum Gasteiger partial charge on any atom is 0.269 e. The molecule has 0 unspecified atom stereocenters. The smallest absolute Gasteiger partial charge is 0.268 e. The first kappa shape index (κ1) is 15.6. The van der Waals surface area contributed by atoms with Crippen molar-refractivity contribution in [2.45, 2.75) is 39.2 Å². The fourth-order valence-electron chi connectivity index (χ4n) is 1.92. The van der Waals surface area contributed by atoms with Crippen LogP contribution in [0.1, 0.15) is 44.0 Å². The second-order valence-corrected chi connectivity index (χ2v) is 6.46. The zero-order chi connectivity index (χ0) is 15.6. The molecule has 0 saturated heterocycles. The molecule has 2 rings (SSSR count). The molecule has 0 radical (unpaired) electrons. The maximum absolute atomic E-state index is 12.4. The van der Waals surface area contributed by atoms with Crippen LogP contribution in [0, 0.1) is 0 Å². The summed E-state index contributed by atoms with van der Waals surface area (Å²) in [4.78, 5) is 24.7. The lowest BCUT2D eigenvalue weighted by atomic mass is 9.96. The SMILES string of the molecule is CC(C)(C)N(NC(=O)c1ccc(Cl)cc1)C(=O)C1=CCC1. The summed E-state index contributed by atoms with van der Waals surface area (Å²) in [6, 6.07) is 6.56. The molecular formula is C16H19ClN2O2. The van der Waals surface area contributed by atoms with E-state index in [0.29, 0.717) is 10.6 Å². The molecule has 0 heterocycles. The van der Waals surface area contributed by atoms with Crippen molar-refractivity contribution in [2.24, 2.45) is 0 Å². The van der Waals surface area contributed by atoms with Crippen LogP contribution >= 0.6 is 11.6 Å². The zero-order valence-corrected chi connectivity index (χ0v) is 13.2. The van der Waals surface area contributed by atoms with E-state index in [1.165, 1.54) is 5.01 Å². The Morgan fingerprint density at radius 1 is 1.19 bits per heavy atom. The Bertz CT molecular complexity index is 585. The van der Waals surface area contributed by atoms with E-state index in [1.54, 1.807) is 24.3 Å². The van der Waals surface area contributed by atoms with Crippen molar-refractivity contribution in [3.8, 4) is 0 Å². The zero-order valence-electron chi connectivity index (χ0n) is 12.4. The van der Waals surface area contributed by atoms with Gasteiger partial charge in [-0.1, -0.05) is 17.7 Å². The van der Waals surface area contributed by atoms with Crippen LogP contribution in [-0.4, -0.2) is 22.4 Å². The number of hydrogen-bond donors (Lipinski definition) is 1. The number of amides is 2. The number of hydrogen-bond acceptors (Lipinski definition) is 2. The van der Waals surface area contributed by atoms with Gasteiger partial charge >= 0.3 is 0 Å². The Hall–Kier alpha value is -1.81. The second-order valence-electron chi connectivity index (χ2n) is 6.03. The Morgan fingerprint density at radius 3 is 2.19 bits per heavy atom. The van der Waals surface area contributed by atoms with Gasteiger partial charge in [-0.05, 0) is 57.9 Å². The van der Waals surface area contributed by atoms with E-state index >= 15 is 0 Å². The monoisotopic (exact) mass is 306 g/mol. The molecule has 21 heavy (non-hydrogen) atoms. The summed E-state index contributed by atoms with van der Waals surface area (Å²) in [7, 11) is 0. The first-order chi connectivity index (χ1) is 9.79. The largest absolute Gasteiger partial charge is 0.269 e. The predicted octanol–water partition coefficient (Wildman–Crippen LogP) is 3.33. The molecule has 112 valence electrons. The van der Waals surface area contributed by atoms with E-state index in [1.807, 2.05) is 26.8 Å². The van der Waals surface area contributed by atoms with E-state index in [2.05, 4.69) is 5.43 Å². The van der Waals surface area contributed by atoms with E-state index in [0.717, 1.165) is 18.4 Å². The number of carbonyl (C=O) groups is 2. The van der Waals surface area contributed by atoms with Crippen LogP contribution in [0.2, 0.25) is 5.02 Å². The van der Waals surface area contributed by atoms with Crippen molar-refractivity contribution in [1.29, 1.82) is 0 Å². The number of halogens is 1. The van der Waals surface area contributed by atoms with Gasteiger partial charge in [0.25, 0.3) is 11.8 Å². The van der Waals surface area contributed by atoms with E-state index in [4.69, 9.17) is 11.6 Å². The highest BCUT2D eigenvalue weighted by molar-refractivity contribution is 6.30. The van der Waals surface area contributed by atoms with Crippen LogP contribution in [-0.2, 0) is 4.79 Å². The van der Waals surface area contributed by atoms with Gasteiger partial charge in [0, 0.05) is 16.2 Å². The van der Waals surface area contributed by atoms with Gasteiger partial charge in [0.1, 0.15) is 0 Å². The summed E-state index contributed by atoms with van der Waals surface area (Å²) in [6.07, 6.45) is 3.59. The van der Waals surface area contributed by atoms with E-state index in [9.17, 15) is 9.59 Å². The van der Waals surface area contributed by atoms with Crippen molar-refractivity contribution in [2.75, 3.05) is 0 Å². The number of allylic oxidation sites excluding steroid dienone is 1. The summed E-state index contributed by atoms with van der Waals surface area (Å²) in [5.41, 5.74) is 3.41. The predicted molar refractivity (Wildman–Crippen MR) is 82.8 cm³/mol. The first-order valence-electron chi connectivity index (χ1n) is 6.89. The molecule has 5 heteroatoms. The molecular weight excluding hydrogens is 288 g/mol. The van der Waals surface area contributed by atoms with Gasteiger partial charge in [0.2, 0.25) is 0 Å². The number of nitrogens with one attached hydrogen (secondary N) is 1. The van der Waals surface area contributed by atoms with Gasteiger partial charge in [-0.15, -0.1) is 0 Å². The molecule has 1 aromatic rings. The number of rotatable bonds is 2. The molecule has 0 spiro atoms. The van der Waals surface area contributed by atoms with Gasteiger partial charge in [-0.25, -0.2) is 5.01 Å². The molecule has 0 aromatic heterocycles. The van der Waals surface area contributed by atoms with Crippen molar-refractivity contribution < 1.29 is 9.59 Å². The summed E-state index contributed by atoms with van der Waals surface area (Å²) in [6.45, 7) is 5.64. The molecule has 1 aliphatic carbocycles. The number of benzene rings is 1. The van der Waals surface area contributed by atoms with Crippen molar-refractivity contribution in [3.05, 3.63) is 46.5 Å². The molecule has 0 atom stereocenters. The Labute approximate surface area is 129 Å². The van der Waals surface area contributed by atoms with Crippen LogP contribution in [0.15, 0.2) is 35.9 Å². The maximum atomic E-state index is 12.4. The molecule has 1 N–H and O–H groups in total. The van der Waals surface area contributed by atoms with Crippen LogP contribution in [0.25, 0.3) is 0 Å². The molecule has 4 nitrogen and oxygen atoms in total. The number of carbonyl (C=O) groups excluding carboxylic acids is 2. The summed E-state index contributed by atoms with van der Waals surface area (Å²) in [5.74, 6) is -0.467. The molecule has 2 amide bonds. The minimum atomic E-state index is -0.504. The van der Waals surface area contributed by atoms with Crippen LogP contribution in [0.4, 0.5) is 0 Å². The molecule has 0 saturated carbocycles. The fourth-order valence-corrected chi connectivity index (χ4v) is 2.04. The third-order valence-electron chi connectivity index (χ3n) is 3.27. The Kier molecular flexibility index (Phi) is 4.37. The minimum Gasteiger partial charge on any atom is -0.268 e. The minimum absolute atomic E-state index is 0.143. The topological polar surface area (TPSA) is 49.4 Å². The van der Waals surface area contributed by atoms with Crippen molar-refractivity contribution in [3.63, 3.8) is 0 Å². The van der Waals surface area contributed by atoms with E-state index < -0.39 is 5.54 Å². The van der Waals surface area contributed by atoms with Gasteiger partial charge in [0.05, 0.1) is 5.54 Å². The Morgan fingerprint density at radius 2 is 1.76 bits per heavy atom. The fraction of sp³-hybridized carbons (Fsp3) is 0.375. The van der Waals surface area contributed by atoms with Crippen molar-refractivity contribution >= 4 is 23.4 Å². The van der Waals surface area contributed by atoms with Gasteiger partial charge in [-0.3, -0.25) is 15.0 Å². The molecule has 0 fully saturated rings. The van der Waals surface area contributed by atoms with Crippen LogP contribution in [0.3, 0.4) is 0 Å². The Balaban J connectivity index is 2.17. The highest BCUT2D eigenvalue weighted by Gasteiger charge is 2.31. The first-order valence-corrected chi connectivity index (χ1v) is 7.27. The number of nitrogens with zero attached hydrogens (tertiary/aromatic N) is 1. The summed E-state index contributed by atoms with van der Waals surface area (Å²) in [5, 5.41) is 1.96. The van der Waals surface area contributed by atoms with E-state index in [-0.39, 0.29) is 11.8 Å². The van der Waals surface area contributed by atoms with Crippen LogP contribution < -0.4 is 5.43 Å². The second kappa shape index (κ2) is 5.90. The van der Waals surface area contributed by atoms with Gasteiger partial charge in [0.15, 0.2) is 0 Å². The third-order valence-corrected chi connectivity index (χ3v) is 3.52. The molecule has 0 aliphatic heterocycles. The number of hydrazine groups is 1. The highest BCUT2D eigenvalue weighted by atomic mass is 35.5. The summed E-state index contributed by atoms with van der Waals surface area (Å²) < 4.78 is 0. The lowest BCUT2D eigenvalue weighted by Crippen LogP contribution is -2.56. The standard InChI is InChI=1S/C16H19ClN2O2/c1-16(2,3)19(15(21)12-5-4-6-12)18-14(20)11-7-9-13(17)10-8-11/h5,7-10H,4,6H2,1-3H3,(H,18,20). The lowest BCUT2D eigenvalue weighted by Gasteiger charge is -2.37. The molecule has 1 aliphatic rings. The van der Waals surface area contributed by atoms with Gasteiger partial charge in [-0.2, -0.15) is 0 Å². The quantitative estimate of drug-likeness (QED) is 0.852. The molecule has 0 bridgehead atoms. The highest BCUT2D eigenvalue weighted by Crippen LogP contribution is 2.23. The van der Waals surface area contributed by atoms with Crippen LogP contribution in [0.5, 0.6) is 0 Å². The third kappa shape index (κ3) is 3.64. The normalized spacial score (nSPS) is 14.0. The lowest BCUT2D eigenvalue weighted by molar-refractivity contribution is -0.135.